The Balaban J connectivity index is 0.00000312. The summed E-state index contributed by atoms with van der Waals surface area (Å²) in [5.41, 5.74) is 8.80. The molecule has 8 heteroatoms. The number of aryl methyl sites for hydroxylation is 2. The normalized spacial score (nSPS) is 11.0. The number of aromatic nitrogens is 1. The first-order valence-electron chi connectivity index (χ1n) is 7.76. The van der Waals surface area contributed by atoms with Gasteiger partial charge in [0.15, 0.2) is 17.5 Å². The third kappa shape index (κ3) is 5.80. The molecule has 2 aromatic rings. The summed E-state index contributed by atoms with van der Waals surface area (Å²) < 4.78 is 15.6. The number of nitrogens with zero attached hydrogens (tertiary/aromatic N) is 2. The number of nitrogens with two attached hydrogens (primary N) is 1. The molecule has 0 saturated heterocycles. The lowest BCUT2D eigenvalue weighted by molar-refractivity contribution is 0.355. The van der Waals surface area contributed by atoms with Crippen LogP contribution in [0.1, 0.15) is 23.4 Å². The number of aliphatic imine (C=N–C) groups is 1. The van der Waals surface area contributed by atoms with Gasteiger partial charge in [0.25, 0.3) is 0 Å². The van der Waals surface area contributed by atoms with Gasteiger partial charge in [-0.3, -0.25) is 4.99 Å². The molecule has 0 bridgehead atoms. The van der Waals surface area contributed by atoms with Crippen molar-refractivity contribution in [2.75, 3.05) is 26.1 Å². The van der Waals surface area contributed by atoms with Crippen molar-refractivity contribution in [1.29, 1.82) is 0 Å². The molecule has 0 spiro atoms. The van der Waals surface area contributed by atoms with Crippen LogP contribution < -0.4 is 20.5 Å². The Morgan fingerprint density at radius 2 is 1.96 bits per heavy atom. The van der Waals surface area contributed by atoms with E-state index in [1.54, 1.807) is 14.2 Å². The Morgan fingerprint density at radius 3 is 2.56 bits per heavy atom. The highest BCUT2D eigenvalue weighted by atomic mass is 127. The van der Waals surface area contributed by atoms with Crippen molar-refractivity contribution in [3.63, 3.8) is 0 Å². The second-order valence-electron chi connectivity index (χ2n) is 5.37. The molecule has 0 aliphatic heterocycles. The second kappa shape index (κ2) is 10.1. The fraction of sp³-hybridized carbons (Fsp3) is 0.412. The van der Waals surface area contributed by atoms with Crippen LogP contribution in [-0.4, -0.2) is 31.9 Å². The van der Waals surface area contributed by atoms with E-state index >= 15 is 0 Å². The van der Waals surface area contributed by atoms with Crippen LogP contribution in [-0.2, 0) is 6.42 Å². The van der Waals surface area contributed by atoms with Gasteiger partial charge in [0.2, 0.25) is 0 Å². The fourth-order valence-corrected chi connectivity index (χ4v) is 2.42. The van der Waals surface area contributed by atoms with Crippen molar-refractivity contribution < 1.29 is 14.0 Å². The van der Waals surface area contributed by atoms with Gasteiger partial charge in [-0.25, -0.2) is 0 Å². The Bertz CT molecular complexity index is 696. The van der Waals surface area contributed by atoms with Gasteiger partial charge < -0.3 is 25.0 Å². The summed E-state index contributed by atoms with van der Waals surface area (Å²) >= 11 is 0. The molecule has 0 aliphatic carbocycles. The number of methoxy groups -OCH3 is 2. The molecule has 3 N–H and O–H groups in total. The lowest BCUT2D eigenvalue weighted by Crippen LogP contribution is -2.22. The minimum Gasteiger partial charge on any atom is -0.493 e. The second-order valence-corrected chi connectivity index (χ2v) is 5.37. The number of rotatable bonds is 7. The van der Waals surface area contributed by atoms with Crippen molar-refractivity contribution in [1.82, 2.24) is 5.16 Å². The number of anilines is 1. The molecule has 25 heavy (non-hydrogen) atoms. The number of hydrogen-bond acceptors (Lipinski definition) is 5. The lowest BCUT2D eigenvalue weighted by Gasteiger charge is -2.10. The fourth-order valence-electron chi connectivity index (χ4n) is 2.42. The van der Waals surface area contributed by atoms with E-state index in [1.165, 1.54) is 0 Å². The smallest absolute Gasteiger partial charge is 0.193 e. The van der Waals surface area contributed by atoms with Gasteiger partial charge in [-0.1, -0.05) is 5.16 Å². The van der Waals surface area contributed by atoms with Gasteiger partial charge in [-0.15, -0.1) is 24.0 Å². The monoisotopic (exact) mass is 460 g/mol. The quantitative estimate of drug-likeness (QED) is 0.285. The van der Waals surface area contributed by atoms with Crippen LogP contribution in [0.3, 0.4) is 0 Å². The van der Waals surface area contributed by atoms with E-state index in [-0.39, 0.29) is 24.0 Å². The van der Waals surface area contributed by atoms with Crippen LogP contribution in [0.4, 0.5) is 5.69 Å². The summed E-state index contributed by atoms with van der Waals surface area (Å²) in [7, 11) is 3.19. The number of halogens is 1. The predicted molar refractivity (Wildman–Crippen MR) is 109 cm³/mol. The Kier molecular flexibility index (Phi) is 8.53. The summed E-state index contributed by atoms with van der Waals surface area (Å²) in [6.07, 6.45) is 1.74. The average Bonchev–Trinajstić information content (AvgIpc) is 2.90. The molecule has 1 heterocycles. The van der Waals surface area contributed by atoms with Crippen molar-refractivity contribution >= 4 is 35.6 Å². The molecule has 2 rings (SSSR count). The third-order valence-corrected chi connectivity index (χ3v) is 3.70. The van der Waals surface area contributed by atoms with Gasteiger partial charge in [0.1, 0.15) is 5.76 Å². The van der Waals surface area contributed by atoms with Gasteiger partial charge in [-0.05, 0) is 38.8 Å². The zero-order valence-corrected chi connectivity index (χ0v) is 17.3. The van der Waals surface area contributed by atoms with Crippen molar-refractivity contribution in [3.8, 4) is 11.5 Å². The molecule has 7 nitrogen and oxygen atoms in total. The van der Waals surface area contributed by atoms with Crippen molar-refractivity contribution in [3.05, 3.63) is 35.2 Å². The standard InChI is InChI=1S/C17H24N4O3.HI/c1-11-14(12(2)24-21-11)6-5-9-19-17(18)20-13-7-8-15(22-3)16(10-13)23-4;/h7-8,10H,5-6,9H2,1-4H3,(H3,18,19,20);1H. The van der Waals surface area contributed by atoms with Crippen LogP contribution in [0, 0.1) is 13.8 Å². The number of benzene rings is 1. The SMILES string of the molecule is COc1ccc(NC(N)=NCCCc2c(C)noc2C)cc1OC.I. The number of guanidine groups is 1. The van der Waals surface area contributed by atoms with E-state index < -0.39 is 0 Å². The molecule has 0 fully saturated rings. The van der Waals surface area contributed by atoms with Crippen LogP contribution in [0.2, 0.25) is 0 Å². The molecule has 0 radical (unpaired) electrons. The molecule has 138 valence electrons. The Labute approximate surface area is 165 Å². The third-order valence-electron chi connectivity index (χ3n) is 3.70. The van der Waals surface area contributed by atoms with Crippen LogP contribution in [0.15, 0.2) is 27.7 Å². The van der Waals surface area contributed by atoms with Gasteiger partial charge in [0, 0.05) is 23.9 Å². The van der Waals surface area contributed by atoms with Crippen LogP contribution >= 0.6 is 24.0 Å². The highest BCUT2D eigenvalue weighted by Gasteiger charge is 2.08. The molecular formula is C17H25IN4O3. The van der Waals surface area contributed by atoms with E-state index in [9.17, 15) is 0 Å². The number of ether oxygens (including phenoxy) is 2. The maximum atomic E-state index is 5.92. The maximum absolute atomic E-state index is 5.92. The lowest BCUT2D eigenvalue weighted by atomic mass is 10.1. The molecule has 0 unspecified atom stereocenters. The Hall–Kier alpha value is -1.97. The molecule has 1 aromatic heterocycles. The van der Waals surface area contributed by atoms with Crippen LogP contribution in [0.25, 0.3) is 0 Å². The van der Waals surface area contributed by atoms with E-state index in [1.807, 2.05) is 32.0 Å². The molecule has 0 saturated carbocycles. The highest BCUT2D eigenvalue weighted by molar-refractivity contribution is 14.0. The van der Waals surface area contributed by atoms with Gasteiger partial charge in [0.05, 0.1) is 19.9 Å². The zero-order valence-electron chi connectivity index (χ0n) is 15.0. The van der Waals surface area contributed by atoms with E-state index in [0.29, 0.717) is 24.0 Å². The molecule has 0 aliphatic rings. The molecule has 0 atom stereocenters. The van der Waals surface area contributed by atoms with E-state index in [2.05, 4.69) is 15.5 Å². The Morgan fingerprint density at radius 1 is 1.24 bits per heavy atom. The topological polar surface area (TPSA) is 94.9 Å². The maximum Gasteiger partial charge on any atom is 0.193 e. The average molecular weight is 460 g/mol. The highest BCUT2D eigenvalue weighted by Crippen LogP contribution is 2.29. The molecule has 1 aromatic carbocycles. The van der Waals surface area contributed by atoms with E-state index in [4.69, 9.17) is 19.7 Å². The first-order chi connectivity index (χ1) is 11.5. The predicted octanol–water partition coefficient (Wildman–Crippen LogP) is 3.29. The summed E-state index contributed by atoms with van der Waals surface area (Å²) in [4.78, 5) is 4.34. The summed E-state index contributed by atoms with van der Waals surface area (Å²) in [6, 6.07) is 5.48. The number of nitrogens with one attached hydrogen (secondary N) is 1. The summed E-state index contributed by atoms with van der Waals surface area (Å²) in [5.74, 6) is 2.53. The van der Waals surface area contributed by atoms with Gasteiger partial charge >= 0.3 is 0 Å². The van der Waals surface area contributed by atoms with E-state index in [0.717, 1.165) is 35.5 Å². The van der Waals surface area contributed by atoms with Crippen molar-refractivity contribution in [2.24, 2.45) is 10.7 Å². The molecular weight excluding hydrogens is 435 g/mol. The first-order valence-corrected chi connectivity index (χ1v) is 7.76. The molecule has 0 amide bonds. The minimum atomic E-state index is 0. The van der Waals surface area contributed by atoms with Gasteiger partial charge in [-0.2, -0.15) is 0 Å². The first kappa shape index (κ1) is 21.1. The minimum absolute atomic E-state index is 0. The van der Waals surface area contributed by atoms with Crippen molar-refractivity contribution in [2.45, 2.75) is 26.7 Å². The summed E-state index contributed by atoms with van der Waals surface area (Å²) in [5, 5.41) is 6.99. The van der Waals surface area contributed by atoms with Crippen LogP contribution in [0.5, 0.6) is 11.5 Å². The zero-order chi connectivity index (χ0) is 17.5. The number of hydrogen-bond donors (Lipinski definition) is 2. The largest absolute Gasteiger partial charge is 0.493 e. The summed E-state index contributed by atoms with van der Waals surface area (Å²) in [6.45, 7) is 4.49.